The highest BCUT2D eigenvalue weighted by atomic mass is 19.1. The molecule has 2 aliphatic rings. The molecule has 0 saturated carbocycles. The molecule has 0 aliphatic carbocycles. The second-order valence-corrected chi connectivity index (χ2v) is 4.08. The first-order valence-electron chi connectivity index (χ1n) is 4.26. The van der Waals surface area contributed by atoms with E-state index in [0.717, 1.165) is 19.5 Å². The van der Waals surface area contributed by atoms with Crippen LogP contribution in [0.15, 0.2) is 0 Å². The number of nitrogens with zero attached hydrogens (tertiary/aromatic N) is 1. The van der Waals surface area contributed by atoms with Gasteiger partial charge in [-0.15, -0.1) is 0 Å². The van der Waals surface area contributed by atoms with E-state index in [1.54, 1.807) is 0 Å². The third-order valence-corrected chi connectivity index (χ3v) is 3.25. The molecular weight excluding hydrogens is 143 g/mol. The van der Waals surface area contributed by atoms with Crippen LogP contribution in [-0.4, -0.2) is 36.2 Å². The lowest BCUT2D eigenvalue weighted by Crippen LogP contribution is -2.59. The van der Waals surface area contributed by atoms with Gasteiger partial charge < -0.3 is 10.6 Å². The highest BCUT2D eigenvalue weighted by molar-refractivity contribution is 5.03. The van der Waals surface area contributed by atoms with Crippen LogP contribution in [0.25, 0.3) is 0 Å². The zero-order valence-corrected chi connectivity index (χ0v) is 6.89. The Morgan fingerprint density at radius 1 is 1.55 bits per heavy atom. The van der Waals surface area contributed by atoms with Gasteiger partial charge in [0.25, 0.3) is 0 Å². The number of hydrogen-bond donors (Lipinski definition) is 1. The van der Waals surface area contributed by atoms with Crippen LogP contribution in [0, 0.1) is 5.92 Å². The van der Waals surface area contributed by atoms with Crippen molar-refractivity contribution in [3.63, 3.8) is 0 Å². The first-order valence-corrected chi connectivity index (χ1v) is 4.26. The SMILES string of the molecule is CC1(N)C(F)CN2CCC1C2. The molecule has 2 nitrogen and oxygen atoms in total. The highest BCUT2D eigenvalue weighted by Crippen LogP contribution is 2.34. The molecule has 2 fully saturated rings. The highest BCUT2D eigenvalue weighted by Gasteiger charge is 2.47. The molecule has 0 amide bonds. The molecule has 11 heavy (non-hydrogen) atoms. The van der Waals surface area contributed by atoms with Crippen LogP contribution in [0.2, 0.25) is 0 Å². The summed E-state index contributed by atoms with van der Waals surface area (Å²) in [6.45, 7) is 4.44. The van der Waals surface area contributed by atoms with E-state index in [1.807, 2.05) is 6.92 Å². The molecule has 2 saturated heterocycles. The fourth-order valence-electron chi connectivity index (χ4n) is 2.19. The third-order valence-electron chi connectivity index (χ3n) is 3.25. The number of halogens is 1. The van der Waals surface area contributed by atoms with E-state index in [9.17, 15) is 4.39 Å². The molecule has 2 N–H and O–H groups in total. The summed E-state index contributed by atoms with van der Waals surface area (Å²) in [6, 6.07) is 0. The van der Waals surface area contributed by atoms with Gasteiger partial charge in [-0.1, -0.05) is 0 Å². The van der Waals surface area contributed by atoms with E-state index >= 15 is 0 Å². The molecule has 2 heterocycles. The number of rotatable bonds is 0. The zero-order chi connectivity index (χ0) is 8.06. The van der Waals surface area contributed by atoms with Gasteiger partial charge in [0, 0.05) is 18.6 Å². The smallest absolute Gasteiger partial charge is 0.131 e. The second kappa shape index (κ2) is 2.17. The second-order valence-electron chi connectivity index (χ2n) is 4.08. The summed E-state index contributed by atoms with van der Waals surface area (Å²) in [7, 11) is 0. The van der Waals surface area contributed by atoms with Crippen molar-refractivity contribution in [1.82, 2.24) is 4.90 Å². The number of hydrogen-bond acceptors (Lipinski definition) is 2. The monoisotopic (exact) mass is 158 g/mol. The average Bonchev–Trinajstić information content (AvgIpc) is 2.31. The number of piperidine rings is 1. The minimum atomic E-state index is -0.830. The minimum absolute atomic E-state index is 0.381. The van der Waals surface area contributed by atoms with Crippen molar-refractivity contribution in [3.8, 4) is 0 Å². The number of fused-ring (bicyclic) bond motifs is 2. The number of nitrogens with two attached hydrogens (primary N) is 1. The molecule has 4 atom stereocenters. The third kappa shape index (κ3) is 0.983. The molecule has 0 aromatic carbocycles. The van der Waals surface area contributed by atoms with E-state index in [-0.39, 0.29) is 0 Å². The number of alkyl halides is 1. The van der Waals surface area contributed by atoms with Crippen LogP contribution < -0.4 is 5.73 Å². The summed E-state index contributed by atoms with van der Waals surface area (Å²) in [6.07, 6.45) is 0.247. The Labute approximate surface area is 66.5 Å². The molecule has 0 aromatic heterocycles. The van der Waals surface area contributed by atoms with Crippen LogP contribution in [0.1, 0.15) is 13.3 Å². The maximum atomic E-state index is 13.3. The van der Waals surface area contributed by atoms with Gasteiger partial charge in [-0.3, -0.25) is 0 Å². The fraction of sp³-hybridized carbons (Fsp3) is 1.00. The van der Waals surface area contributed by atoms with Crippen LogP contribution in [-0.2, 0) is 0 Å². The van der Waals surface area contributed by atoms with Gasteiger partial charge in [0.1, 0.15) is 6.17 Å². The van der Waals surface area contributed by atoms with Gasteiger partial charge in [-0.25, -0.2) is 4.39 Å². The summed E-state index contributed by atoms with van der Waals surface area (Å²) in [4.78, 5) is 2.17. The van der Waals surface area contributed by atoms with Crippen molar-refractivity contribution in [2.75, 3.05) is 19.6 Å². The Morgan fingerprint density at radius 3 is 3.00 bits per heavy atom. The first kappa shape index (κ1) is 7.50. The van der Waals surface area contributed by atoms with Crippen molar-refractivity contribution in [3.05, 3.63) is 0 Å². The Bertz CT molecular complexity index is 169. The standard InChI is InChI=1S/C8H15FN2/c1-8(10)6-2-3-11(4-6)5-7(8)9/h6-7H,2-5,10H2,1H3. The van der Waals surface area contributed by atoms with Gasteiger partial charge in [0.15, 0.2) is 0 Å². The molecule has 0 spiro atoms. The Hall–Kier alpha value is -0.150. The van der Waals surface area contributed by atoms with Crippen LogP contribution in [0.4, 0.5) is 4.39 Å². The van der Waals surface area contributed by atoms with Crippen molar-refractivity contribution in [2.24, 2.45) is 11.7 Å². The normalized spacial score (nSPS) is 56.5. The molecule has 0 aromatic rings. The molecule has 64 valence electrons. The first-order chi connectivity index (χ1) is 5.10. The Morgan fingerprint density at radius 2 is 2.27 bits per heavy atom. The molecule has 4 unspecified atom stereocenters. The summed E-state index contributed by atoms with van der Waals surface area (Å²) in [5.74, 6) is 0.381. The predicted molar refractivity (Wildman–Crippen MR) is 42.0 cm³/mol. The lowest BCUT2D eigenvalue weighted by atomic mass is 9.80. The summed E-state index contributed by atoms with van der Waals surface area (Å²) in [5.41, 5.74) is 5.34. The molecule has 2 bridgehead atoms. The van der Waals surface area contributed by atoms with Crippen molar-refractivity contribution >= 4 is 0 Å². The summed E-state index contributed by atoms with van der Waals surface area (Å²) < 4.78 is 13.3. The van der Waals surface area contributed by atoms with Crippen molar-refractivity contribution in [2.45, 2.75) is 25.1 Å². The van der Waals surface area contributed by atoms with Gasteiger partial charge in [-0.05, 0) is 25.8 Å². The summed E-state index contributed by atoms with van der Waals surface area (Å²) >= 11 is 0. The maximum Gasteiger partial charge on any atom is 0.131 e. The molecule has 3 heteroatoms. The molecular formula is C8H15FN2. The molecule has 2 rings (SSSR count). The van der Waals surface area contributed by atoms with Gasteiger partial charge >= 0.3 is 0 Å². The largest absolute Gasteiger partial charge is 0.323 e. The zero-order valence-electron chi connectivity index (χ0n) is 6.89. The van der Waals surface area contributed by atoms with E-state index in [1.165, 1.54) is 0 Å². The quantitative estimate of drug-likeness (QED) is 0.552. The fourth-order valence-corrected chi connectivity index (χ4v) is 2.19. The maximum absolute atomic E-state index is 13.3. The lowest BCUT2D eigenvalue weighted by Gasteiger charge is -2.39. The van der Waals surface area contributed by atoms with E-state index in [0.29, 0.717) is 12.5 Å². The van der Waals surface area contributed by atoms with E-state index < -0.39 is 11.7 Å². The van der Waals surface area contributed by atoms with Crippen molar-refractivity contribution in [1.29, 1.82) is 0 Å². The van der Waals surface area contributed by atoms with Crippen LogP contribution in [0.5, 0.6) is 0 Å². The Balaban J connectivity index is 2.20. The summed E-state index contributed by atoms with van der Waals surface area (Å²) in [5, 5.41) is 0. The topological polar surface area (TPSA) is 29.3 Å². The Kier molecular flexibility index (Phi) is 1.48. The van der Waals surface area contributed by atoms with Gasteiger partial charge in [-0.2, -0.15) is 0 Å². The van der Waals surface area contributed by atoms with E-state index in [2.05, 4.69) is 4.90 Å². The minimum Gasteiger partial charge on any atom is -0.323 e. The van der Waals surface area contributed by atoms with Crippen molar-refractivity contribution < 1.29 is 4.39 Å². The van der Waals surface area contributed by atoms with Gasteiger partial charge in [0.05, 0.1) is 0 Å². The lowest BCUT2D eigenvalue weighted by molar-refractivity contribution is 0.0724. The molecule has 2 aliphatic heterocycles. The van der Waals surface area contributed by atoms with Crippen LogP contribution >= 0.6 is 0 Å². The van der Waals surface area contributed by atoms with E-state index in [4.69, 9.17) is 5.73 Å². The molecule has 0 radical (unpaired) electrons. The van der Waals surface area contributed by atoms with Gasteiger partial charge in [0.2, 0.25) is 0 Å². The average molecular weight is 158 g/mol. The predicted octanol–water partition coefficient (Wildman–Crippen LogP) is 0.377. The van der Waals surface area contributed by atoms with Crippen LogP contribution in [0.3, 0.4) is 0 Å².